The van der Waals surface area contributed by atoms with Crippen LogP contribution in [0.5, 0.6) is 5.75 Å². The third kappa shape index (κ3) is 3.78. The van der Waals surface area contributed by atoms with Gasteiger partial charge in [0.2, 0.25) is 0 Å². The van der Waals surface area contributed by atoms with Crippen molar-refractivity contribution in [2.24, 2.45) is 5.73 Å². The van der Waals surface area contributed by atoms with Gasteiger partial charge in [-0.05, 0) is 37.5 Å². The molecule has 0 saturated heterocycles. The van der Waals surface area contributed by atoms with Crippen LogP contribution in [0.2, 0.25) is 0 Å². The highest BCUT2D eigenvalue weighted by molar-refractivity contribution is 5.56. The molecule has 2 atom stereocenters. The van der Waals surface area contributed by atoms with Gasteiger partial charge in [-0.2, -0.15) is 0 Å². The summed E-state index contributed by atoms with van der Waals surface area (Å²) in [7, 11) is 0. The molecule has 5 N–H and O–H groups in total. The summed E-state index contributed by atoms with van der Waals surface area (Å²) in [6, 6.07) is 12.5. The van der Waals surface area contributed by atoms with Gasteiger partial charge in [-0.1, -0.05) is 36.4 Å². The summed E-state index contributed by atoms with van der Waals surface area (Å²) >= 11 is 0. The molecule has 2 aromatic carbocycles. The number of nitrogens with one attached hydrogen (secondary N) is 1. The zero-order chi connectivity index (χ0) is 16.1. The van der Waals surface area contributed by atoms with Gasteiger partial charge in [0.1, 0.15) is 5.75 Å². The van der Waals surface area contributed by atoms with Gasteiger partial charge in [-0.3, -0.25) is 0 Å². The highest BCUT2D eigenvalue weighted by Crippen LogP contribution is 2.26. The zero-order valence-corrected chi connectivity index (χ0v) is 13.1. The van der Waals surface area contributed by atoms with Crippen LogP contribution in [0.15, 0.2) is 42.5 Å². The number of hydrogen-bond acceptors (Lipinski definition) is 4. The quantitative estimate of drug-likeness (QED) is 0.661. The highest BCUT2D eigenvalue weighted by Gasteiger charge is 2.19. The maximum Gasteiger partial charge on any atom is 0.121 e. The molecule has 0 spiro atoms. The molecule has 2 aromatic rings. The molecule has 0 radical (unpaired) electrons. The molecule has 0 aliphatic heterocycles. The molecule has 0 aliphatic rings. The van der Waals surface area contributed by atoms with Crippen LogP contribution in [0.4, 0.5) is 5.69 Å². The molecule has 4 heteroatoms. The van der Waals surface area contributed by atoms with Crippen molar-refractivity contribution in [2.75, 3.05) is 11.9 Å². The second kappa shape index (κ2) is 7.29. The van der Waals surface area contributed by atoms with Crippen LogP contribution in [0.3, 0.4) is 0 Å². The van der Waals surface area contributed by atoms with Crippen LogP contribution < -0.4 is 11.1 Å². The first-order valence-corrected chi connectivity index (χ1v) is 7.52. The standard InChI is InChI=1S/C18H24N2O2/c1-12-6-5-7-13(2)17(12)20-11-10-15(19)18(22)14-8-3-4-9-16(14)21/h3-9,15,18,20-22H,10-11,19H2,1-2H3. The summed E-state index contributed by atoms with van der Waals surface area (Å²) < 4.78 is 0. The molecule has 22 heavy (non-hydrogen) atoms. The van der Waals surface area contributed by atoms with E-state index >= 15 is 0 Å². The van der Waals surface area contributed by atoms with Gasteiger partial charge in [0, 0.05) is 23.8 Å². The number of aliphatic hydroxyl groups is 1. The van der Waals surface area contributed by atoms with Crippen LogP contribution in [0.1, 0.15) is 29.2 Å². The van der Waals surface area contributed by atoms with E-state index in [1.165, 1.54) is 11.1 Å². The maximum absolute atomic E-state index is 10.3. The zero-order valence-electron chi connectivity index (χ0n) is 13.1. The van der Waals surface area contributed by atoms with Crippen molar-refractivity contribution in [1.82, 2.24) is 0 Å². The van der Waals surface area contributed by atoms with Gasteiger partial charge < -0.3 is 21.3 Å². The largest absolute Gasteiger partial charge is 0.508 e. The maximum atomic E-state index is 10.3. The molecule has 0 saturated carbocycles. The Kier molecular flexibility index (Phi) is 5.41. The average Bonchev–Trinajstić information content (AvgIpc) is 2.50. The summed E-state index contributed by atoms with van der Waals surface area (Å²) in [4.78, 5) is 0. The van der Waals surface area contributed by atoms with E-state index in [0.29, 0.717) is 18.5 Å². The lowest BCUT2D eigenvalue weighted by molar-refractivity contribution is 0.140. The predicted octanol–water partition coefficient (Wildman–Crippen LogP) is 2.87. The number of phenols is 1. The second-order valence-electron chi connectivity index (χ2n) is 5.65. The molecule has 0 amide bonds. The molecular formula is C18H24N2O2. The molecule has 0 heterocycles. The minimum Gasteiger partial charge on any atom is -0.508 e. The minimum absolute atomic E-state index is 0.0770. The van der Waals surface area contributed by atoms with Gasteiger partial charge >= 0.3 is 0 Å². The van der Waals surface area contributed by atoms with E-state index in [-0.39, 0.29) is 5.75 Å². The number of anilines is 1. The van der Waals surface area contributed by atoms with E-state index in [1.54, 1.807) is 24.3 Å². The summed E-state index contributed by atoms with van der Waals surface area (Å²) in [5, 5.41) is 23.4. The molecule has 4 nitrogen and oxygen atoms in total. The summed E-state index contributed by atoms with van der Waals surface area (Å²) in [6.45, 7) is 4.79. The van der Waals surface area contributed by atoms with Gasteiger partial charge in [0.15, 0.2) is 0 Å². The summed E-state index contributed by atoms with van der Waals surface area (Å²) in [6.07, 6.45) is -0.274. The smallest absolute Gasteiger partial charge is 0.121 e. The Bertz CT molecular complexity index is 608. The van der Waals surface area contributed by atoms with Crippen LogP contribution in [-0.4, -0.2) is 22.8 Å². The molecule has 0 aliphatic carbocycles. The molecule has 0 bridgehead atoms. The van der Waals surface area contributed by atoms with Crippen molar-refractivity contribution >= 4 is 5.69 Å². The SMILES string of the molecule is Cc1cccc(C)c1NCCC(N)C(O)c1ccccc1O. The number of hydrogen-bond donors (Lipinski definition) is 4. The Morgan fingerprint density at radius 2 is 1.68 bits per heavy atom. The Morgan fingerprint density at radius 3 is 2.32 bits per heavy atom. The number of nitrogens with two attached hydrogens (primary N) is 1. The van der Waals surface area contributed by atoms with E-state index < -0.39 is 12.1 Å². The second-order valence-corrected chi connectivity index (χ2v) is 5.65. The average molecular weight is 300 g/mol. The fourth-order valence-electron chi connectivity index (χ4n) is 2.58. The van der Waals surface area contributed by atoms with Crippen molar-refractivity contribution in [3.8, 4) is 5.75 Å². The lowest BCUT2D eigenvalue weighted by Gasteiger charge is -2.21. The normalized spacial score (nSPS) is 13.6. The molecule has 0 aromatic heterocycles. The summed E-state index contributed by atoms with van der Waals surface area (Å²) in [5.41, 5.74) is 10.0. The number of para-hydroxylation sites is 2. The van der Waals surface area contributed by atoms with Crippen LogP contribution >= 0.6 is 0 Å². The van der Waals surface area contributed by atoms with Crippen molar-refractivity contribution in [3.63, 3.8) is 0 Å². The first-order chi connectivity index (χ1) is 10.5. The van der Waals surface area contributed by atoms with Crippen molar-refractivity contribution in [1.29, 1.82) is 0 Å². The van der Waals surface area contributed by atoms with Gasteiger partial charge in [0.25, 0.3) is 0 Å². The Hall–Kier alpha value is -2.04. The summed E-state index contributed by atoms with van der Waals surface area (Å²) in [5.74, 6) is 0.0770. The van der Waals surface area contributed by atoms with E-state index in [2.05, 4.69) is 31.3 Å². The van der Waals surface area contributed by atoms with Crippen LogP contribution in [0, 0.1) is 13.8 Å². The first-order valence-electron chi connectivity index (χ1n) is 7.52. The van der Waals surface area contributed by atoms with Gasteiger partial charge in [-0.15, -0.1) is 0 Å². The van der Waals surface area contributed by atoms with Gasteiger partial charge in [-0.25, -0.2) is 0 Å². The number of phenolic OH excluding ortho intramolecular Hbond substituents is 1. The van der Waals surface area contributed by atoms with Crippen molar-refractivity contribution < 1.29 is 10.2 Å². The van der Waals surface area contributed by atoms with Crippen LogP contribution in [-0.2, 0) is 0 Å². The van der Waals surface area contributed by atoms with Crippen molar-refractivity contribution in [2.45, 2.75) is 32.4 Å². The number of aliphatic hydroxyl groups excluding tert-OH is 1. The number of aryl methyl sites for hydroxylation is 2. The first kappa shape index (κ1) is 16.3. The van der Waals surface area contributed by atoms with E-state index in [1.807, 2.05) is 6.07 Å². The predicted molar refractivity (Wildman–Crippen MR) is 90.1 cm³/mol. The van der Waals surface area contributed by atoms with E-state index in [0.717, 1.165) is 5.69 Å². The molecular weight excluding hydrogens is 276 g/mol. The Labute approximate surface area is 131 Å². The van der Waals surface area contributed by atoms with Crippen molar-refractivity contribution in [3.05, 3.63) is 59.2 Å². The Balaban J connectivity index is 1.93. The van der Waals surface area contributed by atoms with Crippen LogP contribution in [0.25, 0.3) is 0 Å². The third-order valence-electron chi connectivity index (χ3n) is 3.92. The monoisotopic (exact) mass is 300 g/mol. The lowest BCUT2D eigenvalue weighted by Crippen LogP contribution is -2.30. The molecule has 0 fully saturated rings. The topological polar surface area (TPSA) is 78.5 Å². The number of rotatable bonds is 6. The van der Waals surface area contributed by atoms with Gasteiger partial charge in [0.05, 0.1) is 6.10 Å². The lowest BCUT2D eigenvalue weighted by atomic mass is 9.99. The molecule has 118 valence electrons. The fraction of sp³-hybridized carbons (Fsp3) is 0.333. The fourth-order valence-corrected chi connectivity index (χ4v) is 2.58. The number of aromatic hydroxyl groups is 1. The number of benzene rings is 2. The van der Waals surface area contributed by atoms with E-state index in [4.69, 9.17) is 5.73 Å². The third-order valence-corrected chi connectivity index (χ3v) is 3.92. The Morgan fingerprint density at radius 1 is 1.05 bits per heavy atom. The van der Waals surface area contributed by atoms with E-state index in [9.17, 15) is 10.2 Å². The highest BCUT2D eigenvalue weighted by atomic mass is 16.3. The molecule has 2 unspecified atom stereocenters. The minimum atomic E-state index is -0.874. The molecule has 2 rings (SSSR count).